The summed E-state index contributed by atoms with van der Waals surface area (Å²) in [5.74, 6) is 1.18. The maximum atomic E-state index is 13.1. The molecule has 1 saturated heterocycles. The van der Waals surface area contributed by atoms with Gasteiger partial charge in [0.25, 0.3) is 0 Å². The van der Waals surface area contributed by atoms with Crippen molar-refractivity contribution in [3.8, 4) is 0 Å². The Balaban J connectivity index is 0.00000160. The van der Waals surface area contributed by atoms with Gasteiger partial charge in [-0.05, 0) is 55.2 Å². The summed E-state index contributed by atoms with van der Waals surface area (Å²) in [7, 11) is 0. The van der Waals surface area contributed by atoms with E-state index >= 15 is 0 Å². The predicted molar refractivity (Wildman–Crippen MR) is 115 cm³/mol. The number of amides is 1. The highest BCUT2D eigenvalue weighted by Gasteiger charge is 2.50. The van der Waals surface area contributed by atoms with Crippen molar-refractivity contribution in [2.24, 2.45) is 23.5 Å². The SMILES string of the molecule is Cl.Cl.NC1C2CCC(C2)C1C(=O)N1CCCN(Cc2ccc(C(F)(F)F)cc2)CC1. The quantitative estimate of drug-likeness (QED) is 0.731. The molecule has 1 heterocycles. The second-order valence-corrected chi connectivity index (χ2v) is 8.59. The topological polar surface area (TPSA) is 49.6 Å². The van der Waals surface area contributed by atoms with Crippen LogP contribution >= 0.6 is 24.8 Å². The molecule has 2 bridgehead atoms. The minimum absolute atomic E-state index is 0. The van der Waals surface area contributed by atoms with E-state index in [1.807, 2.05) is 4.90 Å². The number of carbonyl (C=O) groups is 1. The van der Waals surface area contributed by atoms with E-state index in [9.17, 15) is 18.0 Å². The van der Waals surface area contributed by atoms with Crippen LogP contribution in [0.25, 0.3) is 0 Å². The molecule has 1 aromatic rings. The molecule has 4 atom stereocenters. The normalized spacial score (nSPS) is 29.1. The van der Waals surface area contributed by atoms with Gasteiger partial charge in [0, 0.05) is 38.8 Å². The maximum absolute atomic E-state index is 13.1. The molecule has 2 N–H and O–H groups in total. The Morgan fingerprint density at radius 3 is 2.27 bits per heavy atom. The van der Waals surface area contributed by atoms with Crippen molar-refractivity contribution in [2.45, 2.75) is 44.4 Å². The smallest absolute Gasteiger partial charge is 0.341 e. The minimum Gasteiger partial charge on any atom is -0.341 e. The molecule has 4 unspecified atom stereocenters. The van der Waals surface area contributed by atoms with Gasteiger partial charge in [0.15, 0.2) is 0 Å². The monoisotopic (exact) mass is 467 g/mol. The van der Waals surface area contributed by atoms with Crippen molar-refractivity contribution >= 4 is 30.7 Å². The van der Waals surface area contributed by atoms with Crippen LogP contribution in [0.3, 0.4) is 0 Å². The summed E-state index contributed by atoms with van der Waals surface area (Å²) < 4.78 is 38.1. The van der Waals surface area contributed by atoms with Crippen LogP contribution in [-0.2, 0) is 17.5 Å². The minimum atomic E-state index is -4.30. The largest absolute Gasteiger partial charge is 0.416 e. The summed E-state index contributed by atoms with van der Waals surface area (Å²) in [6.45, 7) is 3.59. The van der Waals surface area contributed by atoms with Gasteiger partial charge in [-0.25, -0.2) is 0 Å². The molecule has 0 spiro atoms. The highest BCUT2D eigenvalue weighted by Crippen LogP contribution is 2.48. The van der Waals surface area contributed by atoms with E-state index in [2.05, 4.69) is 4.90 Å². The average Bonchev–Trinajstić information content (AvgIpc) is 3.16. The van der Waals surface area contributed by atoms with Crippen molar-refractivity contribution in [1.82, 2.24) is 9.80 Å². The molecule has 0 radical (unpaired) electrons. The Morgan fingerprint density at radius 2 is 1.67 bits per heavy atom. The second kappa shape index (κ2) is 10.1. The number of rotatable bonds is 3. The third-order valence-electron chi connectivity index (χ3n) is 6.85. The molecule has 30 heavy (non-hydrogen) atoms. The van der Waals surface area contributed by atoms with Gasteiger partial charge in [-0.3, -0.25) is 9.69 Å². The van der Waals surface area contributed by atoms with Crippen LogP contribution in [0.5, 0.6) is 0 Å². The summed E-state index contributed by atoms with van der Waals surface area (Å²) in [5.41, 5.74) is 6.59. The van der Waals surface area contributed by atoms with Crippen molar-refractivity contribution in [2.75, 3.05) is 26.2 Å². The zero-order valence-corrected chi connectivity index (χ0v) is 18.4. The van der Waals surface area contributed by atoms with Gasteiger partial charge in [-0.1, -0.05) is 12.1 Å². The third-order valence-corrected chi connectivity index (χ3v) is 6.85. The van der Waals surface area contributed by atoms with E-state index in [0.717, 1.165) is 63.0 Å². The van der Waals surface area contributed by atoms with E-state index in [1.165, 1.54) is 0 Å². The highest BCUT2D eigenvalue weighted by molar-refractivity contribution is 5.85. The Labute approximate surface area is 188 Å². The first kappa shape index (κ1) is 25.2. The van der Waals surface area contributed by atoms with Gasteiger partial charge >= 0.3 is 6.18 Å². The number of halogens is 5. The molecule has 4 rings (SSSR count). The molecule has 2 saturated carbocycles. The molecule has 1 amide bonds. The molecule has 3 fully saturated rings. The average molecular weight is 468 g/mol. The lowest BCUT2D eigenvalue weighted by Crippen LogP contribution is -2.48. The first-order chi connectivity index (χ1) is 13.3. The number of nitrogens with zero attached hydrogens (tertiary/aromatic N) is 2. The summed E-state index contributed by atoms with van der Waals surface area (Å²) >= 11 is 0. The van der Waals surface area contributed by atoms with Crippen LogP contribution in [0, 0.1) is 17.8 Å². The Morgan fingerprint density at radius 1 is 1.00 bits per heavy atom. The van der Waals surface area contributed by atoms with Crippen molar-refractivity contribution in [1.29, 1.82) is 0 Å². The lowest BCUT2D eigenvalue weighted by atomic mass is 9.84. The fourth-order valence-corrected chi connectivity index (χ4v) is 5.32. The Bertz CT molecular complexity index is 714. The fraction of sp³-hybridized carbons (Fsp3) is 0.667. The van der Waals surface area contributed by atoms with Gasteiger partial charge < -0.3 is 10.6 Å². The van der Waals surface area contributed by atoms with Crippen LogP contribution in [-0.4, -0.2) is 47.9 Å². The number of alkyl halides is 3. The van der Waals surface area contributed by atoms with Crippen LogP contribution in [0.15, 0.2) is 24.3 Å². The van der Waals surface area contributed by atoms with Gasteiger partial charge in [-0.15, -0.1) is 24.8 Å². The van der Waals surface area contributed by atoms with E-state index in [0.29, 0.717) is 24.9 Å². The molecule has 1 aromatic carbocycles. The first-order valence-electron chi connectivity index (χ1n) is 10.3. The van der Waals surface area contributed by atoms with Gasteiger partial charge in [-0.2, -0.15) is 13.2 Å². The second-order valence-electron chi connectivity index (χ2n) is 8.59. The summed E-state index contributed by atoms with van der Waals surface area (Å²) in [5, 5.41) is 0. The number of fused-ring (bicyclic) bond motifs is 2. The Hall–Kier alpha value is -1.02. The number of hydrogen-bond acceptors (Lipinski definition) is 3. The third kappa shape index (κ3) is 5.23. The summed E-state index contributed by atoms with van der Waals surface area (Å²) in [6, 6.07) is 5.38. The molecule has 170 valence electrons. The molecule has 2 aliphatic carbocycles. The standard InChI is InChI=1S/C21H28F3N3O.2ClH/c22-21(23,24)17-6-2-14(3-7-17)13-26-8-1-9-27(11-10-26)20(28)18-15-4-5-16(12-15)19(18)25;;/h2-3,6-7,15-16,18-19H,1,4-5,8-13,25H2;2*1H. The van der Waals surface area contributed by atoms with Gasteiger partial charge in [0.1, 0.15) is 0 Å². The number of nitrogens with two attached hydrogens (primary N) is 1. The Kier molecular flexibility index (Phi) is 8.47. The molecular formula is C21H30Cl2F3N3O. The number of carbonyl (C=O) groups excluding carboxylic acids is 1. The maximum Gasteiger partial charge on any atom is 0.416 e. The predicted octanol–water partition coefficient (Wildman–Crippen LogP) is 3.96. The van der Waals surface area contributed by atoms with E-state index in [4.69, 9.17) is 5.73 Å². The van der Waals surface area contributed by atoms with Crippen LogP contribution in [0.1, 0.15) is 36.8 Å². The number of benzene rings is 1. The lowest BCUT2D eigenvalue weighted by Gasteiger charge is -2.32. The van der Waals surface area contributed by atoms with Crippen molar-refractivity contribution < 1.29 is 18.0 Å². The van der Waals surface area contributed by atoms with Crippen LogP contribution in [0.2, 0.25) is 0 Å². The summed E-state index contributed by atoms with van der Waals surface area (Å²) in [4.78, 5) is 17.3. The molecule has 9 heteroatoms. The summed E-state index contributed by atoms with van der Waals surface area (Å²) in [6.07, 6.45) is -0.0321. The van der Waals surface area contributed by atoms with Crippen molar-refractivity contribution in [3.05, 3.63) is 35.4 Å². The zero-order valence-electron chi connectivity index (χ0n) is 16.8. The van der Waals surface area contributed by atoms with E-state index in [-0.39, 0.29) is 42.7 Å². The lowest BCUT2D eigenvalue weighted by molar-refractivity contribution is -0.138. The van der Waals surface area contributed by atoms with Crippen molar-refractivity contribution in [3.63, 3.8) is 0 Å². The van der Waals surface area contributed by atoms with Crippen LogP contribution < -0.4 is 5.73 Å². The van der Waals surface area contributed by atoms with E-state index < -0.39 is 11.7 Å². The number of hydrogen-bond donors (Lipinski definition) is 1. The fourth-order valence-electron chi connectivity index (χ4n) is 5.32. The van der Waals surface area contributed by atoms with Gasteiger partial charge in [0.05, 0.1) is 11.5 Å². The molecular weight excluding hydrogens is 438 g/mol. The van der Waals surface area contributed by atoms with Crippen LogP contribution in [0.4, 0.5) is 13.2 Å². The molecule has 3 aliphatic rings. The van der Waals surface area contributed by atoms with Gasteiger partial charge in [0.2, 0.25) is 5.91 Å². The first-order valence-corrected chi connectivity index (χ1v) is 10.3. The molecule has 4 nitrogen and oxygen atoms in total. The molecule has 1 aliphatic heterocycles. The molecule has 0 aromatic heterocycles. The highest BCUT2D eigenvalue weighted by atomic mass is 35.5. The zero-order chi connectivity index (χ0) is 19.9. The van der Waals surface area contributed by atoms with E-state index in [1.54, 1.807) is 12.1 Å².